The molecule has 158 valence electrons. The van der Waals surface area contributed by atoms with Crippen LogP contribution in [0.4, 0.5) is 5.69 Å². The molecule has 0 atom stereocenters. The molecule has 0 spiro atoms. The van der Waals surface area contributed by atoms with E-state index in [1.165, 1.54) is 11.8 Å². The van der Waals surface area contributed by atoms with Gasteiger partial charge in [0.2, 0.25) is 5.91 Å². The number of anilines is 1. The molecule has 0 saturated carbocycles. The third-order valence-electron chi connectivity index (χ3n) is 4.19. The van der Waals surface area contributed by atoms with Crippen molar-refractivity contribution in [2.75, 3.05) is 17.7 Å². The average molecular weight is 455 g/mol. The number of nitrogens with zero attached hydrogens (tertiary/aromatic N) is 3. The molecule has 9 heteroatoms. The molecule has 2 aromatic carbocycles. The smallest absolute Gasteiger partial charge is 0.234 e. The summed E-state index contributed by atoms with van der Waals surface area (Å²) in [6.07, 6.45) is 1.86. The normalized spacial score (nSPS) is 10.8. The van der Waals surface area contributed by atoms with Crippen LogP contribution in [-0.4, -0.2) is 32.9 Å². The fourth-order valence-electron chi connectivity index (χ4n) is 2.82. The van der Waals surface area contributed by atoms with Gasteiger partial charge in [-0.25, -0.2) is 0 Å². The van der Waals surface area contributed by atoms with E-state index in [0.29, 0.717) is 34.0 Å². The van der Waals surface area contributed by atoms with Crippen LogP contribution < -0.4 is 14.8 Å². The van der Waals surface area contributed by atoms with Crippen LogP contribution in [0.1, 0.15) is 6.92 Å². The SMILES string of the molecule is CCOc1ccc(Oc2ccc(Cl)cc2NC(=O)CSc2nnc3ccccn23)cc1. The van der Waals surface area contributed by atoms with Crippen LogP contribution in [-0.2, 0) is 4.79 Å². The largest absolute Gasteiger partial charge is 0.494 e. The molecule has 4 rings (SSSR count). The van der Waals surface area contributed by atoms with Crippen molar-refractivity contribution in [2.24, 2.45) is 0 Å². The summed E-state index contributed by atoms with van der Waals surface area (Å²) in [7, 11) is 0. The van der Waals surface area contributed by atoms with Gasteiger partial charge in [0.1, 0.15) is 11.5 Å². The maximum Gasteiger partial charge on any atom is 0.234 e. The van der Waals surface area contributed by atoms with Gasteiger partial charge < -0.3 is 14.8 Å². The number of aromatic nitrogens is 3. The van der Waals surface area contributed by atoms with Gasteiger partial charge in [-0.2, -0.15) is 0 Å². The minimum atomic E-state index is -0.212. The molecule has 2 aromatic heterocycles. The Hall–Kier alpha value is -3.23. The quantitative estimate of drug-likeness (QED) is 0.364. The summed E-state index contributed by atoms with van der Waals surface area (Å²) < 4.78 is 13.2. The van der Waals surface area contributed by atoms with Crippen LogP contribution in [0.5, 0.6) is 17.2 Å². The molecule has 7 nitrogen and oxygen atoms in total. The molecule has 4 aromatic rings. The highest BCUT2D eigenvalue weighted by atomic mass is 35.5. The highest BCUT2D eigenvalue weighted by molar-refractivity contribution is 7.99. The molecular weight excluding hydrogens is 436 g/mol. The molecule has 2 heterocycles. The zero-order valence-corrected chi connectivity index (χ0v) is 18.2. The Morgan fingerprint density at radius 2 is 1.90 bits per heavy atom. The van der Waals surface area contributed by atoms with Crippen molar-refractivity contribution < 1.29 is 14.3 Å². The van der Waals surface area contributed by atoms with Crippen LogP contribution in [0.2, 0.25) is 5.02 Å². The van der Waals surface area contributed by atoms with E-state index >= 15 is 0 Å². The first kappa shape index (κ1) is 21.0. The number of hydrogen-bond acceptors (Lipinski definition) is 6. The number of nitrogens with one attached hydrogen (secondary N) is 1. The summed E-state index contributed by atoms with van der Waals surface area (Å²) in [5.74, 6) is 1.81. The standard InChI is InChI=1S/C22H19ClN4O3S/c1-2-29-16-7-9-17(10-8-16)30-19-11-6-15(23)13-18(19)24-21(28)14-31-22-26-25-20-5-3-4-12-27(20)22/h3-13H,2,14H2,1H3,(H,24,28). The molecule has 0 fully saturated rings. The van der Waals surface area contributed by atoms with Gasteiger partial charge in [-0.15, -0.1) is 10.2 Å². The Labute approximate surface area is 188 Å². The topological polar surface area (TPSA) is 77.8 Å². The van der Waals surface area contributed by atoms with E-state index in [-0.39, 0.29) is 11.7 Å². The minimum absolute atomic E-state index is 0.157. The summed E-state index contributed by atoms with van der Waals surface area (Å²) in [4.78, 5) is 12.6. The van der Waals surface area contributed by atoms with Crippen molar-refractivity contribution in [1.29, 1.82) is 0 Å². The van der Waals surface area contributed by atoms with Crippen LogP contribution in [0.3, 0.4) is 0 Å². The summed E-state index contributed by atoms with van der Waals surface area (Å²) in [5.41, 5.74) is 1.21. The van der Waals surface area contributed by atoms with Crippen molar-refractivity contribution in [3.63, 3.8) is 0 Å². The number of halogens is 1. The van der Waals surface area contributed by atoms with E-state index in [1.807, 2.05) is 47.9 Å². The number of carbonyl (C=O) groups excluding carboxylic acids is 1. The lowest BCUT2D eigenvalue weighted by Gasteiger charge is -2.13. The molecule has 1 N–H and O–H groups in total. The second kappa shape index (κ2) is 9.72. The second-order valence-corrected chi connectivity index (χ2v) is 7.77. The molecule has 0 aliphatic rings. The zero-order valence-electron chi connectivity index (χ0n) is 16.6. The Bertz CT molecular complexity index is 1200. The van der Waals surface area contributed by atoms with Crippen molar-refractivity contribution in [2.45, 2.75) is 12.1 Å². The number of amides is 1. The molecular formula is C22H19ClN4O3S. The number of ether oxygens (including phenoxy) is 2. The Morgan fingerprint density at radius 1 is 1.10 bits per heavy atom. The molecule has 0 radical (unpaired) electrons. The minimum Gasteiger partial charge on any atom is -0.494 e. The third kappa shape index (κ3) is 5.28. The van der Waals surface area contributed by atoms with E-state index in [0.717, 1.165) is 11.4 Å². The van der Waals surface area contributed by atoms with Gasteiger partial charge in [0.15, 0.2) is 16.6 Å². The van der Waals surface area contributed by atoms with Gasteiger partial charge in [-0.3, -0.25) is 9.20 Å². The number of fused-ring (bicyclic) bond motifs is 1. The lowest BCUT2D eigenvalue weighted by molar-refractivity contribution is -0.113. The summed E-state index contributed by atoms with van der Waals surface area (Å²) in [6, 6.07) is 18.0. The van der Waals surface area contributed by atoms with E-state index in [4.69, 9.17) is 21.1 Å². The Morgan fingerprint density at radius 3 is 2.71 bits per heavy atom. The number of hydrogen-bond donors (Lipinski definition) is 1. The molecule has 31 heavy (non-hydrogen) atoms. The molecule has 0 saturated heterocycles. The van der Waals surface area contributed by atoms with Crippen LogP contribution in [0, 0.1) is 0 Å². The van der Waals surface area contributed by atoms with E-state index < -0.39 is 0 Å². The number of rotatable bonds is 8. The first-order chi connectivity index (χ1) is 15.1. The third-order valence-corrected chi connectivity index (χ3v) is 5.37. The van der Waals surface area contributed by atoms with Crippen molar-refractivity contribution in [1.82, 2.24) is 14.6 Å². The maximum absolute atomic E-state index is 12.6. The molecule has 0 unspecified atom stereocenters. The van der Waals surface area contributed by atoms with Gasteiger partial charge in [-0.05, 0) is 61.5 Å². The molecule has 1 amide bonds. The summed E-state index contributed by atoms with van der Waals surface area (Å²) >= 11 is 7.43. The van der Waals surface area contributed by atoms with Gasteiger partial charge in [0.05, 0.1) is 18.0 Å². The van der Waals surface area contributed by atoms with E-state index in [2.05, 4.69) is 15.5 Å². The molecule has 0 bridgehead atoms. The lowest BCUT2D eigenvalue weighted by atomic mass is 10.2. The second-order valence-electron chi connectivity index (χ2n) is 6.40. The van der Waals surface area contributed by atoms with Gasteiger partial charge in [0, 0.05) is 11.2 Å². The van der Waals surface area contributed by atoms with Crippen LogP contribution in [0.25, 0.3) is 5.65 Å². The number of benzene rings is 2. The monoisotopic (exact) mass is 454 g/mol. The predicted octanol–water partition coefficient (Wildman–Crippen LogP) is 5.30. The first-order valence-electron chi connectivity index (χ1n) is 9.55. The maximum atomic E-state index is 12.6. The summed E-state index contributed by atoms with van der Waals surface area (Å²) in [6.45, 7) is 2.52. The lowest BCUT2D eigenvalue weighted by Crippen LogP contribution is -2.15. The van der Waals surface area contributed by atoms with Gasteiger partial charge in [0.25, 0.3) is 0 Å². The van der Waals surface area contributed by atoms with Crippen LogP contribution in [0.15, 0.2) is 72.0 Å². The fourth-order valence-corrected chi connectivity index (χ4v) is 3.72. The first-order valence-corrected chi connectivity index (χ1v) is 10.9. The zero-order chi connectivity index (χ0) is 21.6. The van der Waals surface area contributed by atoms with Crippen molar-refractivity contribution in [3.05, 3.63) is 71.9 Å². The van der Waals surface area contributed by atoms with Crippen molar-refractivity contribution in [3.8, 4) is 17.2 Å². The fraction of sp³-hybridized carbons (Fsp3) is 0.136. The van der Waals surface area contributed by atoms with E-state index in [1.54, 1.807) is 30.3 Å². The highest BCUT2D eigenvalue weighted by Crippen LogP contribution is 2.33. The highest BCUT2D eigenvalue weighted by Gasteiger charge is 2.13. The Kier molecular flexibility index (Phi) is 6.59. The number of thioether (sulfide) groups is 1. The van der Waals surface area contributed by atoms with Crippen molar-refractivity contribution >= 4 is 40.6 Å². The average Bonchev–Trinajstić information content (AvgIpc) is 3.19. The predicted molar refractivity (Wildman–Crippen MR) is 121 cm³/mol. The van der Waals surface area contributed by atoms with E-state index in [9.17, 15) is 4.79 Å². The number of pyridine rings is 1. The number of carbonyl (C=O) groups is 1. The Balaban J connectivity index is 1.43. The molecule has 0 aliphatic heterocycles. The van der Waals surface area contributed by atoms with Gasteiger partial charge in [-0.1, -0.05) is 29.4 Å². The summed E-state index contributed by atoms with van der Waals surface area (Å²) in [5, 5.41) is 12.2. The molecule has 0 aliphatic carbocycles. The van der Waals surface area contributed by atoms with Gasteiger partial charge >= 0.3 is 0 Å². The van der Waals surface area contributed by atoms with Crippen LogP contribution >= 0.6 is 23.4 Å².